The summed E-state index contributed by atoms with van der Waals surface area (Å²) in [7, 11) is 0. The molecule has 1 fully saturated rings. The number of Topliss-reactive ketones (excluding diaryl/α,β-unsaturated/α-hetero) is 1. The molecule has 7 nitrogen and oxygen atoms in total. The van der Waals surface area contributed by atoms with Crippen LogP contribution in [0.5, 0.6) is 11.5 Å². The molecule has 0 bridgehead atoms. The van der Waals surface area contributed by atoms with E-state index >= 15 is 0 Å². The van der Waals surface area contributed by atoms with Crippen molar-refractivity contribution in [3.05, 3.63) is 94.8 Å². The van der Waals surface area contributed by atoms with E-state index in [1.54, 1.807) is 30.3 Å². The molecular formula is C26H17FN2O5. The van der Waals surface area contributed by atoms with E-state index in [0.29, 0.717) is 41.5 Å². The minimum Gasteiger partial charge on any atom is -0.507 e. The van der Waals surface area contributed by atoms with Crippen LogP contribution < -0.4 is 14.4 Å². The Balaban J connectivity index is 1.68. The van der Waals surface area contributed by atoms with Gasteiger partial charge in [-0.25, -0.2) is 4.39 Å². The van der Waals surface area contributed by atoms with E-state index in [1.807, 2.05) is 6.07 Å². The van der Waals surface area contributed by atoms with Crippen LogP contribution in [0.3, 0.4) is 0 Å². The van der Waals surface area contributed by atoms with Crippen LogP contribution in [0.2, 0.25) is 0 Å². The second-order valence-corrected chi connectivity index (χ2v) is 7.74. The summed E-state index contributed by atoms with van der Waals surface area (Å²) in [6.07, 6.45) is 0. The van der Waals surface area contributed by atoms with Gasteiger partial charge in [0.2, 0.25) is 0 Å². The zero-order valence-corrected chi connectivity index (χ0v) is 17.7. The lowest BCUT2D eigenvalue weighted by molar-refractivity contribution is -0.132. The molecule has 0 aromatic heterocycles. The first-order chi connectivity index (χ1) is 16.5. The molecule has 1 N–H and O–H groups in total. The number of benzene rings is 3. The van der Waals surface area contributed by atoms with E-state index < -0.39 is 23.5 Å². The minimum absolute atomic E-state index is 0.141. The Labute approximate surface area is 193 Å². The molecule has 8 heteroatoms. The van der Waals surface area contributed by atoms with Crippen molar-refractivity contribution in [1.82, 2.24) is 0 Å². The molecule has 3 aromatic carbocycles. The van der Waals surface area contributed by atoms with Crippen LogP contribution in [0.4, 0.5) is 10.1 Å². The Morgan fingerprint density at radius 3 is 2.32 bits per heavy atom. The SMILES string of the molecule is N#Cc1ccc(N2C(=O)C(=O)/C(=C(\O)c3ccc4c(c3)OCCO4)C2c2ccc(F)cc2)cc1. The molecule has 0 saturated carbocycles. The van der Waals surface area contributed by atoms with Gasteiger partial charge in [0, 0.05) is 11.3 Å². The summed E-state index contributed by atoms with van der Waals surface area (Å²) in [5, 5.41) is 20.3. The molecule has 2 heterocycles. The van der Waals surface area contributed by atoms with Crippen molar-refractivity contribution in [2.45, 2.75) is 6.04 Å². The number of nitrogens with zero attached hydrogens (tertiary/aromatic N) is 2. The van der Waals surface area contributed by atoms with Crippen LogP contribution in [-0.2, 0) is 9.59 Å². The van der Waals surface area contributed by atoms with Crippen LogP contribution in [0, 0.1) is 17.1 Å². The predicted molar refractivity (Wildman–Crippen MR) is 120 cm³/mol. The molecule has 1 unspecified atom stereocenters. The van der Waals surface area contributed by atoms with E-state index in [0.717, 1.165) is 0 Å². The van der Waals surface area contributed by atoms with Gasteiger partial charge in [-0.05, 0) is 60.2 Å². The van der Waals surface area contributed by atoms with Crippen molar-refractivity contribution in [2.75, 3.05) is 18.1 Å². The standard InChI is InChI=1S/C26H17FN2O5/c27-18-6-3-16(4-7-18)23-22(24(30)17-5-10-20-21(13-17)34-12-11-33-20)25(31)26(32)29(23)19-8-1-15(14-28)2-9-19/h1-10,13,23,30H,11-12H2/b24-22-. The zero-order chi connectivity index (χ0) is 23.8. The second-order valence-electron chi connectivity index (χ2n) is 7.74. The number of carbonyl (C=O) groups is 2. The second kappa shape index (κ2) is 8.37. The van der Waals surface area contributed by atoms with Crippen molar-refractivity contribution in [3.63, 3.8) is 0 Å². The van der Waals surface area contributed by atoms with Crippen LogP contribution in [0.1, 0.15) is 22.7 Å². The average molecular weight is 456 g/mol. The maximum atomic E-state index is 13.6. The first-order valence-corrected chi connectivity index (χ1v) is 10.4. The lowest BCUT2D eigenvalue weighted by atomic mass is 9.95. The molecule has 2 aliphatic rings. The van der Waals surface area contributed by atoms with Crippen molar-refractivity contribution < 1.29 is 28.6 Å². The molecule has 1 atom stereocenters. The Morgan fingerprint density at radius 1 is 0.971 bits per heavy atom. The third-order valence-electron chi connectivity index (χ3n) is 5.72. The number of halogens is 1. The molecule has 1 saturated heterocycles. The van der Waals surface area contributed by atoms with Crippen molar-refractivity contribution in [1.29, 1.82) is 5.26 Å². The van der Waals surface area contributed by atoms with E-state index in [2.05, 4.69) is 0 Å². The summed E-state index contributed by atoms with van der Waals surface area (Å²) in [5.41, 5.74) is 1.31. The minimum atomic E-state index is -1.01. The normalized spacial score (nSPS) is 18.6. The summed E-state index contributed by atoms with van der Waals surface area (Å²) >= 11 is 0. The molecule has 0 aliphatic carbocycles. The number of hydrogen-bond donors (Lipinski definition) is 1. The molecule has 1 amide bonds. The van der Waals surface area contributed by atoms with Gasteiger partial charge in [-0.1, -0.05) is 12.1 Å². The topological polar surface area (TPSA) is 99.9 Å². The van der Waals surface area contributed by atoms with Gasteiger partial charge in [0.15, 0.2) is 11.5 Å². The number of amides is 1. The van der Waals surface area contributed by atoms with Crippen LogP contribution in [0.15, 0.2) is 72.3 Å². The summed E-state index contributed by atoms with van der Waals surface area (Å²) in [6.45, 7) is 0.745. The molecule has 3 aromatic rings. The summed E-state index contributed by atoms with van der Waals surface area (Å²) < 4.78 is 24.7. The van der Waals surface area contributed by atoms with E-state index in [-0.39, 0.29) is 16.9 Å². The van der Waals surface area contributed by atoms with Gasteiger partial charge in [0.05, 0.1) is 23.2 Å². The largest absolute Gasteiger partial charge is 0.507 e. The number of nitriles is 1. The molecule has 0 radical (unpaired) electrons. The Bertz CT molecular complexity index is 1370. The number of ketones is 1. The molecule has 2 aliphatic heterocycles. The third kappa shape index (κ3) is 3.53. The average Bonchev–Trinajstić information content (AvgIpc) is 3.14. The van der Waals surface area contributed by atoms with E-state index in [1.165, 1.54) is 41.3 Å². The fourth-order valence-electron chi connectivity index (χ4n) is 4.10. The fraction of sp³-hybridized carbons (Fsp3) is 0.115. The number of ether oxygens (including phenoxy) is 2. The highest BCUT2D eigenvalue weighted by molar-refractivity contribution is 6.51. The van der Waals surface area contributed by atoms with Gasteiger partial charge in [-0.2, -0.15) is 5.26 Å². The summed E-state index contributed by atoms with van der Waals surface area (Å²) in [5.74, 6) is -1.68. The monoisotopic (exact) mass is 456 g/mol. The Morgan fingerprint density at radius 2 is 1.65 bits per heavy atom. The molecule has 5 rings (SSSR count). The van der Waals surface area contributed by atoms with Crippen molar-refractivity contribution in [2.24, 2.45) is 0 Å². The lowest BCUT2D eigenvalue weighted by Gasteiger charge is -2.25. The molecular weight excluding hydrogens is 439 g/mol. The van der Waals surface area contributed by atoms with Gasteiger partial charge < -0.3 is 14.6 Å². The first kappa shape index (κ1) is 21.2. The number of rotatable bonds is 3. The maximum absolute atomic E-state index is 13.6. The highest BCUT2D eigenvalue weighted by Gasteiger charge is 2.47. The van der Waals surface area contributed by atoms with Gasteiger partial charge in [0.25, 0.3) is 11.7 Å². The third-order valence-corrected chi connectivity index (χ3v) is 5.72. The predicted octanol–water partition coefficient (Wildman–Crippen LogP) is 4.09. The van der Waals surface area contributed by atoms with E-state index in [4.69, 9.17) is 14.7 Å². The van der Waals surface area contributed by atoms with Gasteiger partial charge in [-0.15, -0.1) is 0 Å². The van der Waals surface area contributed by atoms with E-state index in [9.17, 15) is 19.1 Å². The van der Waals surface area contributed by atoms with Gasteiger partial charge >= 0.3 is 0 Å². The summed E-state index contributed by atoms with van der Waals surface area (Å²) in [4.78, 5) is 27.5. The number of fused-ring (bicyclic) bond motifs is 1. The molecule has 0 spiro atoms. The molecule has 34 heavy (non-hydrogen) atoms. The fourth-order valence-corrected chi connectivity index (χ4v) is 4.10. The molecule has 168 valence electrons. The van der Waals surface area contributed by atoms with Gasteiger partial charge in [-0.3, -0.25) is 14.5 Å². The lowest BCUT2D eigenvalue weighted by Crippen LogP contribution is -2.29. The quantitative estimate of drug-likeness (QED) is 0.362. The number of carbonyl (C=O) groups excluding carboxylic acids is 2. The highest BCUT2D eigenvalue weighted by Crippen LogP contribution is 2.43. The highest BCUT2D eigenvalue weighted by atomic mass is 19.1. The van der Waals surface area contributed by atoms with Gasteiger partial charge in [0.1, 0.15) is 24.8 Å². The first-order valence-electron chi connectivity index (χ1n) is 10.4. The number of aliphatic hydroxyl groups excluding tert-OH is 1. The smallest absolute Gasteiger partial charge is 0.300 e. The zero-order valence-electron chi connectivity index (χ0n) is 17.7. The Kier molecular flexibility index (Phi) is 5.22. The van der Waals surface area contributed by atoms with Crippen LogP contribution in [0.25, 0.3) is 5.76 Å². The van der Waals surface area contributed by atoms with Crippen molar-refractivity contribution >= 4 is 23.1 Å². The number of hydrogen-bond acceptors (Lipinski definition) is 6. The Hall–Kier alpha value is -4.64. The number of aliphatic hydroxyl groups is 1. The van der Waals surface area contributed by atoms with Crippen molar-refractivity contribution in [3.8, 4) is 17.6 Å². The van der Waals surface area contributed by atoms with Crippen LogP contribution >= 0.6 is 0 Å². The summed E-state index contributed by atoms with van der Waals surface area (Å²) in [6, 6.07) is 17.2. The number of anilines is 1. The maximum Gasteiger partial charge on any atom is 0.300 e. The van der Waals surface area contributed by atoms with Crippen LogP contribution in [-0.4, -0.2) is 30.0 Å².